The molecule has 1 heterocycles. The van der Waals surface area contributed by atoms with Crippen molar-refractivity contribution in [2.24, 2.45) is 5.73 Å². The topological polar surface area (TPSA) is 104 Å². The van der Waals surface area contributed by atoms with E-state index in [0.29, 0.717) is 38.8 Å². The number of benzene rings is 4. The number of fused-ring (bicyclic) bond motifs is 1. The van der Waals surface area contributed by atoms with Crippen LogP contribution in [0.15, 0.2) is 96.4 Å². The Bertz CT molecular complexity index is 1710. The van der Waals surface area contributed by atoms with Gasteiger partial charge >= 0.3 is 5.97 Å². The Kier molecular flexibility index (Phi) is 9.10. The summed E-state index contributed by atoms with van der Waals surface area (Å²) < 4.78 is 22.7. The van der Waals surface area contributed by atoms with Crippen LogP contribution in [-0.4, -0.2) is 12.6 Å². The van der Waals surface area contributed by atoms with Crippen molar-refractivity contribution in [3.8, 4) is 29.1 Å². The van der Waals surface area contributed by atoms with Crippen LogP contribution in [0, 0.1) is 11.3 Å². The lowest BCUT2D eigenvalue weighted by Crippen LogP contribution is -2.21. The maximum atomic E-state index is 12.5. The summed E-state index contributed by atoms with van der Waals surface area (Å²) >= 11 is 12.2. The Balaban J connectivity index is 1.28. The summed E-state index contributed by atoms with van der Waals surface area (Å²) in [7, 11) is 0. The zero-order valence-corrected chi connectivity index (χ0v) is 25.0. The van der Waals surface area contributed by atoms with Crippen molar-refractivity contribution in [3.63, 3.8) is 0 Å². The molecule has 2 N–H and O–H groups in total. The molecule has 218 valence electrons. The van der Waals surface area contributed by atoms with Crippen LogP contribution in [0.3, 0.4) is 0 Å². The average molecular weight is 616 g/mol. The monoisotopic (exact) mass is 614 g/mol. The summed E-state index contributed by atoms with van der Waals surface area (Å²) in [6.07, 6.45) is 0. The van der Waals surface area contributed by atoms with Crippen LogP contribution >= 0.6 is 23.2 Å². The molecule has 0 amide bonds. The van der Waals surface area contributed by atoms with Gasteiger partial charge in [-0.05, 0) is 59.5 Å². The van der Waals surface area contributed by atoms with Gasteiger partial charge < -0.3 is 24.7 Å². The minimum atomic E-state index is -0.572. The fraction of sp³-hybridized carbons (Fsp3) is 0.176. The second-order valence-corrected chi connectivity index (χ2v) is 11.0. The van der Waals surface area contributed by atoms with Crippen molar-refractivity contribution in [3.05, 3.63) is 129 Å². The number of ether oxygens (including phenoxy) is 4. The van der Waals surface area contributed by atoms with Gasteiger partial charge in [0.15, 0.2) is 6.61 Å². The average Bonchev–Trinajstić information content (AvgIpc) is 2.99. The van der Waals surface area contributed by atoms with Gasteiger partial charge in [-0.3, -0.25) is 0 Å². The third-order valence-electron chi connectivity index (χ3n) is 6.95. The van der Waals surface area contributed by atoms with Crippen molar-refractivity contribution >= 4 is 29.2 Å². The zero-order chi connectivity index (χ0) is 30.5. The van der Waals surface area contributed by atoms with Gasteiger partial charge in [-0.15, -0.1) is 0 Å². The molecule has 4 aromatic carbocycles. The fourth-order valence-corrected chi connectivity index (χ4v) is 5.11. The lowest BCUT2D eigenvalue weighted by Gasteiger charge is -2.26. The van der Waals surface area contributed by atoms with E-state index in [1.54, 1.807) is 30.3 Å². The lowest BCUT2D eigenvalue weighted by atomic mass is 9.83. The minimum absolute atomic E-state index is 0.0191. The van der Waals surface area contributed by atoms with Gasteiger partial charge in [0.2, 0.25) is 5.88 Å². The Labute approximate surface area is 260 Å². The molecule has 43 heavy (non-hydrogen) atoms. The number of hydrogen-bond donors (Lipinski definition) is 1. The van der Waals surface area contributed by atoms with Crippen LogP contribution in [0.25, 0.3) is 0 Å². The molecule has 1 unspecified atom stereocenters. The van der Waals surface area contributed by atoms with Gasteiger partial charge in [-0.1, -0.05) is 73.4 Å². The molecule has 0 aliphatic carbocycles. The van der Waals surface area contributed by atoms with Crippen LogP contribution < -0.4 is 24.7 Å². The highest BCUT2D eigenvalue weighted by Gasteiger charge is 2.31. The predicted octanol–water partition coefficient (Wildman–Crippen LogP) is 7.90. The standard InChI is InChI=1S/C34H28Cl2N2O5/c1-20(2)21-4-9-26(10-5-21)41-19-32(39)42-27-13-14-28-31(16-27)43-34(38)29(17-37)33(28)22-6-11-25(12-7-22)40-18-23-3-8-24(35)15-30(23)36/h3-16,20,33H,18-19,38H2,1-2H3. The smallest absolute Gasteiger partial charge is 0.349 e. The molecular formula is C34H28Cl2N2O5. The third-order valence-corrected chi connectivity index (χ3v) is 7.54. The van der Waals surface area contributed by atoms with Crippen LogP contribution in [0.5, 0.6) is 23.0 Å². The summed E-state index contributed by atoms with van der Waals surface area (Å²) in [5.74, 6) is 1.16. The number of esters is 1. The van der Waals surface area contributed by atoms with Crippen LogP contribution in [0.4, 0.5) is 0 Å². The zero-order valence-electron chi connectivity index (χ0n) is 23.5. The molecule has 9 heteroatoms. The Morgan fingerprint density at radius 2 is 1.60 bits per heavy atom. The second kappa shape index (κ2) is 13.1. The van der Waals surface area contributed by atoms with Crippen molar-refractivity contribution in [1.29, 1.82) is 5.26 Å². The molecule has 0 aromatic heterocycles. The summed E-state index contributed by atoms with van der Waals surface area (Å²) in [6, 6.07) is 27.3. The molecule has 0 radical (unpaired) electrons. The highest BCUT2D eigenvalue weighted by Crippen LogP contribution is 2.43. The van der Waals surface area contributed by atoms with Gasteiger partial charge in [-0.2, -0.15) is 5.26 Å². The molecule has 0 saturated carbocycles. The number of nitrogens with two attached hydrogens (primary N) is 1. The fourth-order valence-electron chi connectivity index (χ4n) is 4.65. The maximum Gasteiger partial charge on any atom is 0.349 e. The SMILES string of the molecule is CC(C)c1ccc(OCC(=O)Oc2ccc3c(c2)OC(N)=C(C#N)C3c2ccc(OCc3ccc(Cl)cc3Cl)cc2)cc1. The van der Waals surface area contributed by atoms with Gasteiger partial charge in [-0.25, -0.2) is 4.79 Å². The number of allylic oxidation sites excluding steroid dienone is 1. The Hall–Kier alpha value is -4.64. The molecule has 1 aliphatic heterocycles. The van der Waals surface area contributed by atoms with E-state index in [0.717, 1.165) is 11.1 Å². The molecule has 0 fully saturated rings. The van der Waals surface area contributed by atoms with Crippen molar-refractivity contribution in [1.82, 2.24) is 0 Å². The number of halogens is 2. The van der Waals surface area contributed by atoms with Gasteiger partial charge in [0.25, 0.3) is 0 Å². The van der Waals surface area contributed by atoms with E-state index in [9.17, 15) is 10.1 Å². The Morgan fingerprint density at radius 3 is 2.28 bits per heavy atom. The number of nitrogens with zero attached hydrogens (tertiary/aromatic N) is 1. The number of carbonyl (C=O) groups is 1. The van der Waals surface area contributed by atoms with E-state index >= 15 is 0 Å². The summed E-state index contributed by atoms with van der Waals surface area (Å²) in [4.78, 5) is 12.5. The largest absolute Gasteiger partial charge is 0.489 e. The maximum absolute atomic E-state index is 12.5. The molecule has 0 spiro atoms. The van der Waals surface area contributed by atoms with Crippen molar-refractivity contribution in [2.45, 2.75) is 32.3 Å². The predicted molar refractivity (Wildman–Crippen MR) is 165 cm³/mol. The number of hydrogen-bond acceptors (Lipinski definition) is 7. The van der Waals surface area contributed by atoms with Gasteiger partial charge in [0.1, 0.15) is 41.2 Å². The first-order valence-corrected chi connectivity index (χ1v) is 14.3. The first-order valence-electron chi connectivity index (χ1n) is 13.5. The molecule has 0 bridgehead atoms. The molecule has 7 nitrogen and oxygen atoms in total. The highest BCUT2D eigenvalue weighted by molar-refractivity contribution is 6.35. The minimum Gasteiger partial charge on any atom is -0.489 e. The van der Waals surface area contributed by atoms with E-state index < -0.39 is 11.9 Å². The first kappa shape index (κ1) is 29.8. The quantitative estimate of drug-likeness (QED) is 0.151. The second-order valence-electron chi connectivity index (χ2n) is 10.2. The normalized spacial score (nSPS) is 14.0. The van der Waals surface area contributed by atoms with E-state index in [1.165, 1.54) is 5.56 Å². The summed E-state index contributed by atoms with van der Waals surface area (Å²) in [5.41, 5.74) is 9.92. The molecule has 4 aromatic rings. The highest BCUT2D eigenvalue weighted by atomic mass is 35.5. The molecule has 1 aliphatic rings. The van der Waals surface area contributed by atoms with Crippen LogP contribution in [-0.2, 0) is 11.4 Å². The summed E-state index contributed by atoms with van der Waals surface area (Å²) in [6.45, 7) is 4.22. The number of carbonyl (C=O) groups excluding carboxylic acids is 1. The van der Waals surface area contributed by atoms with Crippen molar-refractivity contribution in [2.75, 3.05) is 6.61 Å². The van der Waals surface area contributed by atoms with E-state index in [-0.39, 0.29) is 30.4 Å². The van der Waals surface area contributed by atoms with E-state index in [4.69, 9.17) is 47.9 Å². The molecular weight excluding hydrogens is 587 g/mol. The van der Waals surface area contributed by atoms with E-state index in [2.05, 4.69) is 19.9 Å². The number of nitriles is 1. The van der Waals surface area contributed by atoms with E-state index in [1.807, 2.05) is 54.6 Å². The molecule has 5 rings (SSSR count). The van der Waals surface area contributed by atoms with Gasteiger partial charge in [0.05, 0.1) is 5.92 Å². The molecule has 1 atom stereocenters. The summed E-state index contributed by atoms with van der Waals surface area (Å²) in [5, 5.41) is 11.0. The lowest BCUT2D eigenvalue weighted by molar-refractivity contribution is -0.136. The van der Waals surface area contributed by atoms with Crippen molar-refractivity contribution < 1.29 is 23.7 Å². The first-order chi connectivity index (χ1) is 20.7. The number of rotatable bonds is 9. The third kappa shape index (κ3) is 7.06. The van der Waals surface area contributed by atoms with Gasteiger partial charge in [0, 0.05) is 27.2 Å². The van der Waals surface area contributed by atoms with Crippen LogP contribution in [0.2, 0.25) is 10.0 Å². The molecule has 0 saturated heterocycles. The Morgan fingerprint density at radius 1 is 0.930 bits per heavy atom. The van der Waals surface area contributed by atoms with Crippen LogP contribution in [0.1, 0.15) is 47.9 Å².